The number of hydrogen-bond donors (Lipinski definition) is 3. The first-order chi connectivity index (χ1) is 12.1. The average molecular weight is 365 g/mol. The number of thiazole rings is 1. The van der Waals surface area contributed by atoms with E-state index in [2.05, 4.69) is 34.1 Å². The van der Waals surface area contributed by atoms with Crippen LogP contribution in [0.2, 0.25) is 0 Å². The van der Waals surface area contributed by atoms with Gasteiger partial charge < -0.3 is 20.2 Å². The van der Waals surface area contributed by atoms with E-state index in [0.29, 0.717) is 13.0 Å². The van der Waals surface area contributed by atoms with E-state index >= 15 is 0 Å². The number of fused-ring (bicyclic) bond motifs is 1. The maximum absolute atomic E-state index is 9.21. The molecule has 0 amide bonds. The van der Waals surface area contributed by atoms with Crippen LogP contribution in [0.1, 0.15) is 19.3 Å². The van der Waals surface area contributed by atoms with Crippen molar-refractivity contribution in [2.45, 2.75) is 37.5 Å². The maximum Gasteiger partial charge on any atom is 0.186 e. The normalized spacial score (nSPS) is 27.4. The summed E-state index contributed by atoms with van der Waals surface area (Å²) in [5, 5.41) is 28.4. The first kappa shape index (κ1) is 18.5. The molecule has 2 fully saturated rings. The standard InChI is InChI=1S/C11H12N2S.C7H15NO3/c1-2-6-10-9(5-1)12-11(14-10)13-7-3-4-8-13;1-8-3-7(11)6(10)2-5(8)4-9/h1-2,5-6H,3-4,7-8H2;5-7,9-11H,2-4H2,1H3/t;5-,6?,7+/m.1/s1. The molecule has 2 aliphatic rings. The van der Waals surface area contributed by atoms with Gasteiger partial charge >= 0.3 is 0 Å². The summed E-state index contributed by atoms with van der Waals surface area (Å²) in [7, 11) is 1.83. The quantitative estimate of drug-likeness (QED) is 0.744. The van der Waals surface area contributed by atoms with Crippen molar-refractivity contribution in [3.05, 3.63) is 24.3 Å². The first-order valence-corrected chi connectivity index (χ1v) is 9.68. The number of rotatable bonds is 2. The summed E-state index contributed by atoms with van der Waals surface area (Å²) in [6.07, 6.45) is 1.74. The summed E-state index contributed by atoms with van der Waals surface area (Å²) in [5.41, 5.74) is 1.14. The average Bonchev–Trinajstić information content (AvgIpc) is 3.27. The number of likely N-dealkylation sites (tertiary alicyclic amines) is 1. The van der Waals surface area contributed by atoms with Crippen LogP contribution in [-0.4, -0.2) is 76.7 Å². The van der Waals surface area contributed by atoms with Crippen molar-refractivity contribution in [2.24, 2.45) is 0 Å². The molecule has 138 valence electrons. The summed E-state index contributed by atoms with van der Waals surface area (Å²) in [6, 6.07) is 8.36. The van der Waals surface area contributed by atoms with E-state index in [4.69, 9.17) is 5.11 Å². The van der Waals surface area contributed by atoms with E-state index in [1.807, 2.05) is 23.3 Å². The van der Waals surface area contributed by atoms with E-state index < -0.39 is 12.2 Å². The number of hydrogen-bond acceptors (Lipinski definition) is 7. The number of aromatic nitrogens is 1. The minimum absolute atomic E-state index is 0.00611. The van der Waals surface area contributed by atoms with Crippen LogP contribution in [0.4, 0.5) is 5.13 Å². The summed E-state index contributed by atoms with van der Waals surface area (Å²) in [4.78, 5) is 8.89. The molecule has 2 aromatic rings. The molecular weight excluding hydrogens is 338 g/mol. The number of para-hydroxylation sites is 1. The minimum atomic E-state index is -0.677. The fourth-order valence-corrected chi connectivity index (χ4v) is 4.32. The molecule has 0 radical (unpaired) electrons. The van der Waals surface area contributed by atoms with Gasteiger partial charge in [-0.05, 0) is 38.4 Å². The number of nitrogens with zero attached hydrogens (tertiary/aromatic N) is 3. The van der Waals surface area contributed by atoms with Gasteiger partial charge in [0.05, 0.1) is 29.0 Å². The van der Waals surface area contributed by atoms with E-state index in [9.17, 15) is 10.2 Å². The van der Waals surface area contributed by atoms with Crippen LogP contribution in [0.5, 0.6) is 0 Å². The Morgan fingerprint density at radius 3 is 2.56 bits per heavy atom. The Balaban J connectivity index is 0.000000151. The number of benzene rings is 1. The van der Waals surface area contributed by atoms with Gasteiger partial charge in [-0.25, -0.2) is 4.98 Å². The van der Waals surface area contributed by atoms with E-state index in [1.165, 1.54) is 35.8 Å². The highest BCUT2D eigenvalue weighted by Crippen LogP contribution is 2.30. The van der Waals surface area contributed by atoms with Gasteiger partial charge in [0, 0.05) is 25.7 Å². The number of likely N-dealkylation sites (N-methyl/N-ethyl adjacent to an activating group) is 1. The van der Waals surface area contributed by atoms with Crippen molar-refractivity contribution >= 4 is 26.7 Å². The minimum Gasteiger partial charge on any atom is -0.395 e. The number of aliphatic hydroxyl groups is 3. The van der Waals surface area contributed by atoms with Crippen molar-refractivity contribution in [1.82, 2.24) is 9.88 Å². The van der Waals surface area contributed by atoms with Crippen molar-refractivity contribution in [2.75, 3.05) is 38.2 Å². The van der Waals surface area contributed by atoms with Crippen LogP contribution in [0.3, 0.4) is 0 Å². The molecule has 25 heavy (non-hydrogen) atoms. The van der Waals surface area contributed by atoms with E-state index in [-0.39, 0.29) is 12.6 Å². The number of piperidine rings is 1. The zero-order chi connectivity index (χ0) is 17.8. The van der Waals surface area contributed by atoms with Crippen LogP contribution in [0.25, 0.3) is 10.2 Å². The maximum atomic E-state index is 9.21. The largest absolute Gasteiger partial charge is 0.395 e. The molecule has 3 atom stereocenters. The number of β-amino-alcohol motifs (C(OH)–C–C–N with tert-alkyl or cyclic N) is 1. The molecule has 0 bridgehead atoms. The Morgan fingerprint density at radius 1 is 1.16 bits per heavy atom. The molecule has 2 saturated heterocycles. The van der Waals surface area contributed by atoms with Gasteiger partial charge in [0.1, 0.15) is 0 Å². The highest BCUT2D eigenvalue weighted by atomic mass is 32.1. The summed E-state index contributed by atoms with van der Waals surface area (Å²) in [5.74, 6) is 0. The van der Waals surface area contributed by atoms with Crippen LogP contribution in [-0.2, 0) is 0 Å². The van der Waals surface area contributed by atoms with Gasteiger partial charge in [-0.15, -0.1) is 0 Å². The molecule has 7 heteroatoms. The molecule has 6 nitrogen and oxygen atoms in total. The summed E-state index contributed by atoms with van der Waals surface area (Å²) in [6.45, 7) is 2.84. The Kier molecular flexibility index (Phi) is 6.24. The first-order valence-electron chi connectivity index (χ1n) is 8.86. The molecule has 1 aromatic heterocycles. The molecule has 0 aliphatic carbocycles. The lowest BCUT2D eigenvalue weighted by molar-refractivity contribution is -0.0626. The third-order valence-corrected chi connectivity index (χ3v) is 6.02. The third kappa shape index (κ3) is 4.48. The topological polar surface area (TPSA) is 80.1 Å². The van der Waals surface area contributed by atoms with Crippen LogP contribution in [0.15, 0.2) is 24.3 Å². The van der Waals surface area contributed by atoms with Crippen molar-refractivity contribution < 1.29 is 15.3 Å². The van der Waals surface area contributed by atoms with Crippen molar-refractivity contribution in [3.63, 3.8) is 0 Å². The zero-order valence-electron chi connectivity index (χ0n) is 14.6. The predicted octanol–water partition coefficient (Wildman–Crippen LogP) is 1.30. The zero-order valence-corrected chi connectivity index (χ0v) is 15.4. The second kappa shape index (κ2) is 8.42. The lowest BCUT2D eigenvalue weighted by Crippen LogP contribution is -2.51. The third-order valence-electron chi connectivity index (χ3n) is 4.93. The molecule has 1 unspecified atom stereocenters. The number of aliphatic hydroxyl groups excluding tert-OH is 3. The van der Waals surface area contributed by atoms with E-state index in [1.54, 1.807) is 0 Å². The highest BCUT2D eigenvalue weighted by Gasteiger charge is 2.30. The summed E-state index contributed by atoms with van der Waals surface area (Å²) < 4.78 is 1.30. The lowest BCUT2D eigenvalue weighted by atomic mass is 9.98. The van der Waals surface area contributed by atoms with Gasteiger partial charge in [0.2, 0.25) is 0 Å². The monoisotopic (exact) mass is 365 g/mol. The molecular formula is C18H27N3O3S. The van der Waals surface area contributed by atoms with Crippen molar-refractivity contribution in [1.29, 1.82) is 0 Å². The molecule has 3 heterocycles. The Bertz CT molecular complexity index is 641. The second-order valence-corrected chi connectivity index (χ2v) is 7.81. The second-order valence-electron chi connectivity index (χ2n) is 6.80. The molecule has 0 saturated carbocycles. The Hall–Kier alpha value is -1.25. The van der Waals surface area contributed by atoms with Gasteiger partial charge in [0.15, 0.2) is 5.13 Å². The lowest BCUT2D eigenvalue weighted by Gasteiger charge is -2.37. The van der Waals surface area contributed by atoms with Gasteiger partial charge in [-0.2, -0.15) is 0 Å². The van der Waals surface area contributed by atoms with Crippen molar-refractivity contribution in [3.8, 4) is 0 Å². The molecule has 1 aromatic carbocycles. The molecule has 3 N–H and O–H groups in total. The molecule has 2 aliphatic heterocycles. The molecule has 4 rings (SSSR count). The van der Waals surface area contributed by atoms with E-state index in [0.717, 1.165) is 5.52 Å². The van der Waals surface area contributed by atoms with Gasteiger partial charge in [-0.1, -0.05) is 23.5 Å². The SMILES string of the molecule is CN1C[C@H](O)C(O)C[C@@H]1CO.c1ccc2sc(N3CCCC3)nc2c1. The predicted molar refractivity (Wildman–Crippen MR) is 101 cm³/mol. The van der Waals surface area contributed by atoms with Gasteiger partial charge in [-0.3, -0.25) is 4.90 Å². The van der Waals surface area contributed by atoms with Crippen LogP contribution < -0.4 is 4.90 Å². The van der Waals surface area contributed by atoms with Crippen LogP contribution in [0, 0.1) is 0 Å². The van der Waals surface area contributed by atoms with Crippen LogP contribution >= 0.6 is 11.3 Å². The smallest absolute Gasteiger partial charge is 0.186 e. The number of anilines is 1. The fourth-order valence-electron chi connectivity index (χ4n) is 3.30. The van der Waals surface area contributed by atoms with Gasteiger partial charge in [0.25, 0.3) is 0 Å². The highest BCUT2D eigenvalue weighted by molar-refractivity contribution is 7.22. The fraction of sp³-hybridized carbons (Fsp3) is 0.611. The Labute approximate surface area is 152 Å². The molecule has 0 spiro atoms. The Morgan fingerprint density at radius 2 is 1.88 bits per heavy atom. The summed E-state index contributed by atoms with van der Waals surface area (Å²) >= 11 is 1.81.